The molecular formula is C20H18FN5O4S. The predicted molar refractivity (Wildman–Crippen MR) is 111 cm³/mol. The summed E-state index contributed by atoms with van der Waals surface area (Å²) in [6, 6.07) is 5.29. The van der Waals surface area contributed by atoms with Gasteiger partial charge in [0.2, 0.25) is 0 Å². The maximum Gasteiger partial charge on any atom is 0.261 e. The van der Waals surface area contributed by atoms with Crippen molar-refractivity contribution < 1.29 is 22.4 Å². The first-order chi connectivity index (χ1) is 14.6. The number of rotatable bonds is 6. The van der Waals surface area contributed by atoms with Gasteiger partial charge in [0.05, 0.1) is 23.4 Å². The van der Waals surface area contributed by atoms with Crippen molar-refractivity contribution in [3.63, 3.8) is 0 Å². The molecule has 2 heterocycles. The van der Waals surface area contributed by atoms with Crippen LogP contribution in [-0.2, 0) is 16.4 Å². The summed E-state index contributed by atoms with van der Waals surface area (Å²) in [6.07, 6.45) is 5.15. The summed E-state index contributed by atoms with van der Waals surface area (Å²) in [5.41, 5.74) is 5.67. The topological polar surface area (TPSA) is 136 Å². The molecule has 0 saturated heterocycles. The van der Waals surface area contributed by atoms with Crippen molar-refractivity contribution in [2.75, 3.05) is 16.9 Å². The van der Waals surface area contributed by atoms with Gasteiger partial charge in [-0.1, -0.05) is 0 Å². The number of aromatic nitrogens is 3. The van der Waals surface area contributed by atoms with Crippen LogP contribution in [0, 0.1) is 12.7 Å². The minimum atomic E-state index is -3.80. The fourth-order valence-corrected chi connectivity index (χ4v) is 3.70. The second kappa shape index (κ2) is 8.56. The highest BCUT2D eigenvalue weighted by Gasteiger charge is 2.26. The molecule has 1 aromatic carbocycles. The number of aldehydes is 1. The number of carbonyl (C=O) groups excluding carboxylic acids is 2. The predicted octanol–water partition coefficient (Wildman–Crippen LogP) is 1.96. The van der Waals surface area contributed by atoms with Crippen LogP contribution in [-0.4, -0.2) is 41.8 Å². The lowest BCUT2D eigenvalue weighted by Crippen LogP contribution is -2.32. The lowest BCUT2D eigenvalue weighted by atomic mass is 10.1. The van der Waals surface area contributed by atoms with Gasteiger partial charge in [0.25, 0.3) is 5.91 Å². The summed E-state index contributed by atoms with van der Waals surface area (Å²) >= 11 is 0. The maximum absolute atomic E-state index is 14.3. The van der Waals surface area contributed by atoms with Gasteiger partial charge in [0.15, 0.2) is 21.1 Å². The van der Waals surface area contributed by atoms with E-state index >= 15 is 0 Å². The molecular weight excluding hydrogens is 425 g/mol. The lowest BCUT2D eigenvalue weighted by molar-refractivity contribution is 0.0983. The Morgan fingerprint density at radius 2 is 1.90 bits per heavy atom. The first-order valence-electron chi connectivity index (χ1n) is 8.90. The van der Waals surface area contributed by atoms with Crippen molar-refractivity contribution in [3.8, 4) is 0 Å². The summed E-state index contributed by atoms with van der Waals surface area (Å²) < 4.78 is 38.8. The molecule has 0 aliphatic rings. The van der Waals surface area contributed by atoms with Crippen LogP contribution in [0.2, 0.25) is 0 Å². The second-order valence-corrected chi connectivity index (χ2v) is 8.64. The van der Waals surface area contributed by atoms with E-state index in [4.69, 9.17) is 5.73 Å². The summed E-state index contributed by atoms with van der Waals surface area (Å²) in [5, 5.41) is -0.325. The highest BCUT2D eigenvalue weighted by atomic mass is 32.2. The van der Waals surface area contributed by atoms with E-state index in [1.807, 2.05) is 0 Å². The monoisotopic (exact) mass is 443 g/mol. The molecule has 31 heavy (non-hydrogen) atoms. The Kier molecular flexibility index (Phi) is 6.07. The van der Waals surface area contributed by atoms with Gasteiger partial charge in [0.1, 0.15) is 11.6 Å². The normalized spacial score (nSPS) is 11.2. The molecule has 1 amide bonds. The molecule has 0 aliphatic carbocycles. The number of nitrogens with zero attached hydrogens (tertiary/aromatic N) is 4. The van der Waals surface area contributed by atoms with Gasteiger partial charge >= 0.3 is 0 Å². The number of nitrogens with two attached hydrogens (primary N) is 1. The molecule has 11 heteroatoms. The number of hydrogen-bond acceptors (Lipinski definition) is 8. The van der Waals surface area contributed by atoms with Crippen LogP contribution in [0.3, 0.4) is 0 Å². The molecule has 3 aromatic rings. The number of amides is 1. The van der Waals surface area contributed by atoms with Gasteiger partial charge in [-0.15, -0.1) is 0 Å². The van der Waals surface area contributed by atoms with Gasteiger partial charge in [0, 0.05) is 30.5 Å². The first-order valence-corrected chi connectivity index (χ1v) is 10.8. The first kappa shape index (κ1) is 22.0. The number of sulfone groups is 1. The maximum atomic E-state index is 14.3. The quantitative estimate of drug-likeness (QED) is 0.451. The third-order valence-electron chi connectivity index (χ3n) is 4.35. The summed E-state index contributed by atoms with van der Waals surface area (Å²) in [7, 11) is -3.80. The van der Waals surface area contributed by atoms with Crippen LogP contribution in [0.4, 0.5) is 15.8 Å². The Morgan fingerprint density at radius 1 is 1.23 bits per heavy atom. The van der Waals surface area contributed by atoms with Crippen molar-refractivity contribution >= 4 is 33.4 Å². The van der Waals surface area contributed by atoms with Gasteiger partial charge in [-0.25, -0.2) is 27.8 Å². The van der Waals surface area contributed by atoms with Gasteiger partial charge < -0.3 is 10.6 Å². The zero-order valence-electron chi connectivity index (χ0n) is 16.6. The molecule has 0 radical (unpaired) electrons. The molecule has 0 spiro atoms. The van der Waals surface area contributed by atoms with E-state index in [2.05, 4.69) is 15.0 Å². The molecule has 3 rings (SSSR count). The fraction of sp³-hybridized carbons (Fsp3) is 0.150. The Bertz CT molecular complexity index is 1240. The molecule has 0 fully saturated rings. The van der Waals surface area contributed by atoms with Gasteiger partial charge in [-0.2, -0.15) is 0 Å². The molecule has 0 atom stereocenters. The second-order valence-electron chi connectivity index (χ2n) is 6.71. The Morgan fingerprint density at radius 3 is 2.48 bits per heavy atom. The standard InChI is InChI=1S/C20H18FN5O4S/c1-12-24-8-14(9-25-12)20(28)26(18-4-3-5-23-19(18)31(2,29)30)10-13-6-16(21)15(11-27)17(22)7-13/h3-9,11H,10,22H2,1-2H3. The largest absolute Gasteiger partial charge is 0.398 e. The van der Waals surface area contributed by atoms with Crippen LogP contribution in [0.5, 0.6) is 0 Å². The van der Waals surface area contributed by atoms with E-state index in [9.17, 15) is 22.4 Å². The van der Waals surface area contributed by atoms with Crippen molar-refractivity contribution in [1.82, 2.24) is 15.0 Å². The summed E-state index contributed by atoms with van der Waals surface area (Å²) in [6.45, 7) is 1.40. The van der Waals surface area contributed by atoms with E-state index in [0.717, 1.165) is 17.2 Å². The van der Waals surface area contributed by atoms with E-state index in [0.29, 0.717) is 12.1 Å². The fourth-order valence-electron chi connectivity index (χ4n) is 2.89. The molecule has 160 valence electrons. The molecule has 2 aromatic heterocycles. The number of aryl methyl sites for hydroxylation is 1. The Hall–Kier alpha value is -3.73. The smallest absolute Gasteiger partial charge is 0.261 e. The average molecular weight is 443 g/mol. The zero-order valence-corrected chi connectivity index (χ0v) is 17.4. The van der Waals surface area contributed by atoms with Crippen molar-refractivity contribution in [3.05, 3.63) is 71.2 Å². The SMILES string of the molecule is Cc1ncc(C(=O)N(Cc2cc(N)c(C=O)c(F)c2)c2cccnc2S(C)(=O)=O)cn1. The Labute approximate surface area is 177 Å². The average Bonchev–Trinajstić information content (AvgIpc) is 2.71. The minimum absolute atomic E-state index is 0.00554. The van der Waals surface area contributed by atoms with Crippen molar-refractivity contribution in [1.29, 1.82) is 0 Å². The molecule has 0 saturated carbocycles. The van der Waals surface area contributed by atoms with Crippen LogP contribution in [0.1, 0.15) is 32.1 Å². The van der Waals surface area contributed by atoms with E-state index in [-0.39, 0.29) is 39.6 Å². The van der Waals surface area contributed by atoms with Gasteiger partial charge in [-0.3, -0.25) is 9.59 Å². The van der Waals surface area contributed by atoms with Crippen LogP contribution in [0.15, 0.2) is 47.9 Å². The van der Waals surface area contributed by atoms with Crippen LogP contribution < -0.4 is 10.6 Å². The number of benzene rings is 1. The minimum Gasteiger partial charge on any atom is -0.398 e. The molecule has 0 aliphatic heterocycles. The molecule has 9 nitrogen and oxygen atoms in total. The van der Waals surface area contributed by atoms with E-state index in [1.54, 1.807) is 6.92 Å². The zero-order chi connectivity index (χ0) is 22.8. The number of nitrogen functional groups attached to an aromatic ring is 1. The van der Waals surface area contributed by atoms with Crippen LogP contribution in [0.25, 0.3) is 0 Å². The van der Waals surface area contributed by atoms with Crippen molar-refractivity contribution in [2.45, 2.75) is 18.5 Å². The number of pyridine rings is 1. The molecule has 0 bridgehead atoms. The third kappa shape index (κ3) is 4.72. The number of halogens is 1. The summed E-state index contributed by atoms with van der Waals surface area (Å²) in [5.74, 6) is -1.04. The summed E-state index contributed by atoms with van der Waals surface area (Å²) in [4.78, 5) is 37.3. The number of hydrogen-bond donors (Lipinski definition) is 1. The Balaban J connectivity index is 2.15. The molecule has 0 unspecified atom stereocenters. The number of anilines is 2. The van der Waals surface area contributed by atoms with E-state index < -0.39 is 21.6 Å². The highest BCUT2D eigenvalue weighted by molar-refractivity contribution is 7.90. The molecule has 2 N–H and O–H groups in total. The van der Waals surface area contributed by atoms with Crippen LogP contribution >= 0.6 is 0 Å². The highest BCUT2D eigenvalue weighted by Crippen LogP contribution is 2.27. The van der Waals surface area contributed by atoms with Crippen molar-refractivity contribution in [2.24, 2.45) is 0 Å². The lowest BCUT2D eigenvalue weighted by Gasteiger charge is -2.24. The van der Waals surface area contributed by atoms with Gasteiger partial charge in [-0.05, 0) is 36.8 Å². The number of carbonyl (C=O) groups is 2. The third-order valence-corrected chi connectivity index (χ3v) is 5.36. The van der Waals surface area contributed by atoms with E-state index in [1.165, 1.54) is 36.8 Å².